The highest BCUT2D eigenvalue weighted by atomic mass is 16.8. The highest BCUT2D eigenvalue weighted by Crippen LogP contribution is 2.25. The van der Waals surface area contributed by atoms with Crippen LogP contribution in [0.25, 0.3) is 0 Å². The second-order valence-electron chi connectivity index (χ2n) is 8.06. The molecule has 0 aromatic heterocycles. The van der Waals surface area contributed by atoms with E-state index in [0.717, 1.165) is 31.6 Å². The maximum Gasteiger partial charge on any atom is 0.508 e. The molecule has 1 saturated carbocycles. The molecule has 0 N–H and O–H groups in total. The minimum atomic E-state index is -0.712. The Balaban J connectivity index is 2.18. The molecule has 2 atom stereocenters. The fourth-order valence-electron chi connectivity index (χ4n) is 3.17. The summed E-state index contributed by atoms with van der Waals surface area (Å²) in [5.41, 5.74) is 0. The maximum absolute atomic E-state index is 11.9. The summed E-state index contributed by atoms with van der Waals surface area (Å²) in [5, 5.41) is 0. The molecule has 0 amide bonds. The van der Waals surface area contributed by atoms with Gasteiger partial charge in [0.05, 0.1) is 12.7 Å². The Labute approximate surface area is 164 Å². The van der Waals surface area contributed by atoms with Crippen LogP contribution in [-0.4, -0.2) is 37.2 Å². The number of unbranched alkanes of at least 4 members (excludes halogenated alkanes) is 4. The summed E-state index contributed by atoms with van der Waals surface area (Å²) >= 11 is 0. The predicted molar refractivity (Wildman–Crippen MR) is 104 cm³/mol. The molecule has 0 aromatic rings. The van der Waals surface area contributed by atoms with Crippen LogP contribution in [0, 0.1) is 5.92 Å². The molecular formula is C21H38O6. The highest BCUT2D eigenvalue weighted by molar-refractivity contribution is 5.61. The summed E-state index contributed by atoms with van der Waals surface area (Å²) in [6.07, 6.45) is 7.52. The van der Waals surface area contributed by atoms with Crippen molar-refractivity contribution in [2.24, 2.45) is 5.92 Å². The largest absolute Gasteiger partial charge is 0.508 e. The lowest BCUT2D eigenvalue weighted by Gasteiger charge is -2.30. The van der Waals surface area contributed by atoms with Crippen molar-refractivity contribution in [3.63, 3.8) is 0 Å². The number of hydrogen-bond donors (Lipinski definition) is 0. The average Bonchev–Trinajstić information content (AvgIpc) is 2.58. The minimum absolute atomic E-state index is 0.240. The number of hydrogen-bond acceptors (Lipinski definition) is 6. The van der Waals surface area contributed by atoms with Gasteiger partial charge >= 0.3 is 12.3 Å². The van der Waals surface area contributed by atoms with E-state index in [0.29, 0.717) is 19.4 Å². The second kappa shape index (κ2) is 13.7. The first-order valence-corrected chi connectivity index (χ1v) is 10.6. The highest BCUT2D eigenvalue weighted by Gasteiger charge is 2.32. The first kappa shape index (κ1) is 23.6. The van der Waals surface area contributed by atoms with Crippen LogP contribution >= 0.6 is 0 Å². The van der Waals surface area contributed by atoms with Crippen LogP contribution in [0.5, 0.6) is 0 Å². The van der Waals surface area contributed by atoms with Crippen molar-refractivity contribution in [1.82, 2.24) is 0 Å². The number of rotatable bonds is 11. The molecule has 0 aliphatic heterocycles. The van der Waals surface area contributed by atoms with Gasteiger partial charge in [0.25, 0.3) is 0 Å². The molecule has 1 aliphatic rings. The Morgan fingerprint density at radius 3 is 1.96 bits per heavy atom. The van der Waals surface area contributed by atoms with Crippen LogP contribution in [0.1, 0.15) is 91.9 Å². The lowest BCUT2D eigenvalue weighted by atomic mass is 9.95. The topological polar surface area (TPSA) is 71.1 Å². The zero-order valence-electron chi connectivity index (χ0n) is 17.5. The average molecular weight is 387 g/mol. The molecule has 1 fully saturated rings. The quantitative estimate of drug-likeness (QED) is 0.320. The van der Waals surface area contributed by atoms with Gasteiger partial charge in [0.15, 0.2) is 0 Å². The van der Waals surface area contributed by atoms with Gasteiger partial charge in [-0.25, -0.2) is 9.59 Å². The minimum Gasteiger partial charge on any atom is -0.434 e. The van der Waals surface area contributed by atoms with Crippen molar-refractivity contribution in [3.8, 4) is 0 Å². The van der Waals surface area contributed by atoms with Gasteiger partial charge in [0.2, 0.25) is 0 Å². The summed E-state index contributed by atoms with van der Waals surface area (Å²) in [6, 6.07) is 0. The number of carbonyl (C=O) groups is 2. The molecule has 1 aliphatic carbocycles. The van der Waals surface area contributed by atoms with Crippen LogP contribution in [0.15, 0.2) is 0 Å². The molecule has 0 heterocycles. The molecule has 0 aromatic carbocycles. The van der Waals surface area contributed by atoms with E-state index in [-0.39, 0.29) is 6.10 Å². The van der Waals surface area contributed by atoms with Crippen molar-refractivity contribution in [3.05, 3.63) is 0 Å². The molecule has 6 nitrogen and oxygen atoms in total. The molecule has 0 saturated heterocycles. The molecule has 27 heavy (non-hydrogen) atoms. The lowest BCUT2D eigenvalue weighted by Crippen LogP contribution is -2.38. The number of carbonyl (C=O) groups excluding carboxylic acids is 2. The van der Waals surface area contributed by atoms with E-state index < -0.39 is 24.5 Å². The summed E-state index contributed by atoms with van der Waals surface area (Å²) in [4.78, 5) is 23.6. The van der Waals surface area contributed by atoms with Crippen molar-refractivity contribution in [2.45, 2.75) is 110 Å². The second-order valence-corrected chi connectivity index (χ2v) is 8.06. The number of ether oxygens (including phenoxy) is 4. The summed E-state index contributed by atoms with van der Waals surface area (Å²) < 4.78 is 20.9. The van der Waals surface area contributed by atoms with Gasteiger partial charge < -0.3 is 18.9 Å². The molecule has 0 bridgehead atoms. The Bertz CT molecular complexity index is 421. The fraction of sp³-hybridized carbons (Fsp3) is 0.905. The normalized spacial score (nSPS) is 19.8. The molecule has 2 unspecified atom stereocenters. The van der Waals surface area contributed by atoms with E-state index in [1.807, 2.05) is 0 Å². The molecule has 6 heteroatoms. The Kier molecular flexibility index (Phi) is 11.9. The first-order chi connectivity index (χ1) is 12.9. The smallest absolute Gasteiger partial charge is 0.434 e. The van der Waals surface area contributed by atoms with E-state index in [4.69, 9.17) is 18.9 Å². The van der Waals surface area contributed by atoms with E-state index in [9.17, 15) is 9.59 Å². The van der Waals surface area contributed by atoms with Crippen LogP contribution in [0.3, 0.4) is 0 Å². The summed E-state index contributed by atoms with van der Waals surface area (Å²) in [7, 11) is 0. The molecule has 0 spiro atoms. The van der Waals surface area contributed by atoms with Crippen LogP contribution in [0.4, 0.5) is 9.59 Å². The van der Waals surface area contributed by atoms with Crippen molar-refractivity contribution >= 4 is 12.3 Å². The molecule has 158 valence electrons. The van der Waals surface area contributed by atoms with Gasteiger partial charge in [0, 0.05) is 0 Å². The van der Waals surface area contributed by atoms with Gasteiger partial charge in [-0.2, -0.15) is 0 Å². The van der Waals surface area contributed by atoms with Gasteiger partial charge in [-0.15, -0.1) is 0 Å². The monoisotopic (exact) mass is 386 g/mol. The van der Waals surface area contributed by atoms with Crippen molar-refractivity contribution in [1.29, 1.82) is 0 Å². The third kappa shape index (κ3) is 11.8. The summed E-state index contributed by atoms with van der Waals surface area (Å²) in [6.45, 7) is 8.38. The predicted octanol–water partition coefficient (Wildman–Crippen LogP) is 6.01. The maximum atomic E-state index is 11.9. The third-order valence-corrected chi connectivity index (χ3v) is 4.61. The van der Waals surface area contributed by atoms with E-state index in [2.05, 4.69) is 13.8 Å². The van der Waals surface area contributed by atoms with Crippen LogP contribution in [0.2, 0.25) is 0 Å². The lowest BCUT2D eigenvalue weighted by molar-refractivity contribution is -0.0752. The Morgan fingerprint density at radius 2 is 1.37 bits per heavy atom. The third-order valence-electron chi connectivity index (χ3n) is 4.61. The molecule has 0 radical (unpaired) electrons. The van der Waals surface area contributed by atoms with Gasteiger partial charge in [-0.1, -0.05) is 46.0 Å². The zero-order chi connectivity index (χ0) is 20.1. The van der Waals surface area contributed by atoms with Gasteiger partial charge in [-0.3, -0.25) is 0 Å². The standard InChI is InChI=1S/C21H38O6/c1-16(2)12-8-6-5-7-11-15-24-20(22)26-18-13-9-10-14-19(18)27-21(23)25-17(3)4/h16-19H,5-15H2,1-4H3. The zero-order valence-corrected chi connectivity index (χ0v) is 17.5. The SMILES string of the molecule is CC(C)CCCCCCCOC(=O)OC1CCCCC1OC(=O)OC(C)C. The van der Waals surface area contributed by atoms with E-state index >= 15 is 0 Å². The van der Waals surface area contributed by atoms with Gasteiger partial charge in [0.1, 0.15) is 12.2 Å². The van der Waals surface area contributed by atoms with Crippen molar-refractivity contribution < 1.29 is 28.5 Å². The molecular weight excluding hydrogens is 348 g/mol. The van der Waals surface area contributed by atoms with E-state index in [1.54, 1.807) is 13.8 Å². The Morgan fingerprint density at radius 1 is 0.815 bits per heavy atom. The Hall–Kier alpha value is -1.46. The van der Waals surface area contributed by atoms with Gasteiger partial charge in [-0.05, 0) is 51.9 Å². The van der Waals surface area contributed by atoms with Crippen LogP contribution < -0.4 is 0 Å². The van der Waals surface area contributed by atoms with E-state index in [1.165, 1.54) is 25.7 Å². The van der Waals surface area contributed by atoms with Crippen molar-refractivity contribution in [2.75, 3.05) is 6.61 Å². The first-order valence-electron chi connectivity index (χ1n) is 10.6. The van der Waals surface area contributed by atoms with Crippen LogP contribution in [-0.2, 0) is 18.9 Å². The fourth-order valence-corrected chi connectivity index (χ4v) is 3.17. The summed E-state index contributed by atoms with van der Waals surface area (Å²) in [5.74, 6) is 0.767. The molecule has 1 rings (SSSR count).